The number of carboxylic acid groups (broad SMARTS) is 1. The van der Waals surface area contributed by atoms with Crippen molar-refractivity contribution in [3.05, 3.63) is 58.2 Å². The normalized spacial score (nSPS) is 21.3. The number of nitrogens with one attached hydrogen (secondary N) is 1. The Bertz CT molecular complexity index is 1010. The molecule has 0 aliphatic carbocycles. The van der Waals surface area contributed by atoms with E-state index in [1.165, 1.54) is 40.0 Å². The number of aliphatic carboxylic acids is 1. The number of amides is 2. The number of β-lactam (4-membered cyclic amide) rings is 1. The number of aromatic nitrogens is 2. The molecule has 1 fully saturated rings. The fourth-order valence-corrected chi connectivity index (χ4v) is 6.34. The first-order valence-electron chi connectivity index (χ1n) is 9.32. The molecule has 0 bridgehead atoms. The van der Waals surface area contributed by atoms with E-state index in [-0.39, 0.29) is 5.70 Å². The lowest BCUT2D eigenvalue weighted by Gasteiger charge is -2.49. The Hall–Kier alpha value is -2.41. The van der Waals surface area contributed by atoms with Gasteiger partial charge in [0.25, 0.3) is 5.91 Å². The highest BCUT2D eigenvalue weighted by Crippen LogP contribution is 2.41. The fraction of sp³-hybridized carbons (Fsp3) is 0.316. The number of nitrogens with zero attached hydrogens (tertiary/aromatic N) is 3. The van der Waals surface area contributed by atoms with Gasteiger partial charge in [-0.25, -0.2) is 4.79 Å². The molecule has 0 spiro atoms. The molecule has 1 saturated heterocycles. The summed E-state index contributed by atoms with van der Waals surface area (Å²) < 4.78 is 3.81. The molecule has 3 atom stereocenters. The Balaban J connectivity index is 1.42. The van der Waals surface area contributed by atoms with E-state index >= 15 is 0 Å². The molecule has 3 heterocycles. The zero-order chi connectivity index (χ0) is 22.0. The molecule has 2 aliphatic rings. The van der Waals surface area contributed by atoms with Crippen LogP contribution < -0.4 is 11.1 Å². The Kier molecular flexibility index (Phi) is 6.60. The van der Waals surface area contributed by atoms with Crippen molar-refractivity contribution in [2.75, 3.05) is 11.5 Å². The molecular weight excluding hydrogens is 458 g/mol. The van der Waals surface area contributed by atoms with Gasteiger partial charge < -0.3 is 16.2 Å². The van der Waals surface area contributed by atoms with Gasteiger partial charge in [-0.1, -0.05) is 34.8 Å². The summed E-state index contributed by atoms with van der Waals surface area (Å²) in [5.41, 5.74) is 8.18. The van der Waals surface area contributed by atoms with Gasteiger partial charge in [-0.15, -0.1) is 16.9 Å². The van der Waals surface area contributed by atoms with Gasteiger partial charge in [0.15, 0.2) is 0 Å². The molecule has 2 aliphatic heterocycles. The van der Waals surface area contributed by atoms with Crippen molar-refractivity contribution in [2.45, 2.75) is 23.2 Å². The minimum Gasteiger partial charge on any atom is -0.477 e. The minimum atomic E-state index is -1.14. The number of hydrogen-bond acceptors (Lipinski definition) is 9. The summed E-state index contributed by atoms with van der Waals surface area (Å²) in [5, 5.41) is 17.8. The minimum absolute atomic E-state index is 0.00973. The molecule has 1 aromatic carbocycles. The quantitative estimate of drug-likeness (QED) is 0.479. The maximum atomic E-state index is 12.7. The summed E-state index contributed by atoms with van der Waals surface area (Å²) >= 11 is 4.23. The smallest absolute Gasteiger partial charge is 0.352 e. The second-order valence-electron chi connectivity index (χ2n) is 6.93. The van der Waals surface area contributed by atoms with Gasteiger partial charge in [-0.3, -0.25) is 14.5 Å². The van der Waals surface area contributed by atoms with Gasteiger partial charge in [0.1, 0.15) is 23.2 Å². The van der Waals surface area contributed by atoms with E-state index in [2.05, 4.69) is 14.9 Å². The number of benzene rings is 1. The van der Waals surface area contributed by atoms with Crippen LogP contribution in [0.1, 0.15) is 17.3 Å². The third kappa shape index (κ3) is 4.47. The van der Waals surface area contributed by atoms with E-state index in [1.807, 2.05) is 11.4 Å². The summed E-state index contributed by atoms with van der Waals surface area (Å²) in [6, 6.07) is 7.17. The molecule has 1 aromatic heterocycles. The molecule has 9 nitrogen and oxygen atoms in total. The average molecular weight is 478 g/mol. The van der Waals surface area contributed by atoms with Crippen molar-refractivity contribution in [3.8, 4) is 0 Å². The topological polar surface area (TPSA) is 139 Å². The van der Waals surface area contributed by atoms with Gasteiger partial charge in [-0.2, -0.15) is 11.8 Å². The van der Waals surface area contributed by atoms with Gasteiger partial charge in [0.2, 0.25) is 5.91 Å². The summed E-state index contributed by atoms with van der Waals surface area (Å²) in [5.74, 6) is -0.493. The molecule has 162 valence electrons. The molecule has 0 radical (unpaired) electrons. The number of hydrogen-bond donors (Lipinski definition) is 3. The number of carbonyl (C=O) groups is 3. The molecular formula is C19H19N5O4S3. The van der Waals surface area contributed by atoms with Crippen LogP contribution in [-0.2, 0) is 20.1 Å². The SMILES string of the molecule is N[C@@H](C(=O)N[C@@H]1C(=O)N2C(C(=O)O)=C(CSCc3csnn3)CS[C@H]12)c1ccccc1. The van der Waals surface area contributed by atoms with Crippen LogP contribution >= 0.6 is 35.1 Å². The number of nitrogens with two attached hydrogens (primary N) is 1. The van der Waals surface area contributed by atoms with E-state index in [1.54, 1.807) is 24.3 Å². The lowest BCUT2D eigenvalue weighted by atomic mass is 10.0. The van der Waals surface area contributed by atoms with E-state index in [0.717, 1.165) is 5.69 Å². The highest BCUT2D eigenvalue weighted by Gasteiger charge is 2.54. The Morgan fingerprint density at radius 1 is 1.32 bits per heavy atom. The Morgan fingerprint density at radius 2 is 2.10 bits per heavy atom. The molecule has 2 aromatic rings. The van der Waals surface area contributed by atoms with Crippen LogP contribution in [0.15, 0.2) is 47.0 Å². The first kappa shape index (κ1) is 21.8. The predicted molar refractivity (Wildman–Crippen MR) is 119 cm³/mol. The van der Waals surface area contributed by atoms with Crippen molar-refractivity contribution < 1.29 is 19.5 Å². The van der Waals surface area contributed by atoms with Gasteiger partial charge in [0, 0.05) is 22.6 Å². The Morgan fingerprint density at radius 3 is 2.77 bits per heavy atom. The maximum absolute atomic E-state index is 12.7. The highest BCUT2D eigenvalue weighted by molar-refractivity contribution is 8.00. The standard InChI is InChI=1S/C19H19N5O4S3/c20-13(10-4-2-1-3-5-10)16(25)21-14-17(26)24-15(19(27)28)11(7-30-18(14)24)6-29-8-12-9-31-23-22-12/h1-5,9,13-14,18H,6-8,20H2,(H,21,25)(H,27,28)/t13-,14-,18-/m1/s1. The summed E-state index contributed by atoms with van der Waals surface area (Å²) in [7, 11) is 0. The number of fused-ring (bicyclic) bond motifs is 1. The van der Waals surface area contributed by atoms with E-state index in [4.69, 9.17) is 5.73 Å². The van der Waals surface area contributed by atoms with E-state index in [0.29, 0.717) is 28.4 Å². The zero-order valence-electron chi connectivity index (χ0n) is 16.1. The van der Waals surface area contributed by atoms with Crippen molar-refractivity contribution in [1.29, 1.82) is 0 Å². The molecule has 12 heteroatoms. The lowest BCUT2D eigenvalue weighted by molar-refractivity contribution is -0.150. The molecule has 0 saturated carbocycles. The first-order valence-corrected chi connectivity index (χ1v) is 12.4. The third-order valence-electron chi connectivity index (χ3n) is 4.92. The molecule has 4 rings (SSSR count). The van der Waals surface area contributed by atoms with Crippen LogP contribution in [0.3, 0.4) is 0 Å². The zero-order valence-corrected chi connectivity index (χ0v) is 18.6. The highest BCUT2D eigenvalue weighted by atomic mass is 32.2. The van der Waals surface area contributed by atoms with Crippen molar-refractivity contribution in [2.24, 2.45) is 5.73 Å². The number of carboxylic acids is 1. The lowest BCUT2D eigenvalue weighted by Crippen LogP contribution is -2.71. The first-order chi connectivity index (χ1) is 15.0. The van der Waals surface area contributed by atoms with E-state index < -0.39 is 35.2 Å². The summed E-state index contributed by atoms with van der Waals surface area (Å²) in [4.78, 5) is 38.5. The Labute approximate surface area is 190 Å². The van der Waals surface area contributed by atoms with Crippen LogP contribution in [0.4, 0.5) is 0 Å². The number of carbonyl (C=O) groups excluding carboxylic acids is 2. The van der Waals surface area contributed by atoms with Crippen LogP contribution in [0.5, 0.6) is 0 Å². The van der Waals surface area contributed by atoms with E-state index in [9.17, 15) is 19.5 Å². The largest absolute Gasteiger partial charge is 0.477 e. The second kappa shape index (κ2) is 9.39. The van der Waals surface area contributed by atoms with Crippen molar-refractivity contribution in [1.82, 2.24) is 19.8 Å². The number of thioether (sulfide) groups is 2. The number of rotatable bonds is 8. The monoisotopic (exact) mass is 477 g/mol. The molecule has 0 unspecified atom stereocenters. The molecule has 31 heavy (non-hydrogen) atoms. The fourth-order valence-electron chi connectivity index (χ4n) is 3.37. The van der Waals surface area contributed by atoms with Crippen LogP contribution in [0, 0.1) is 0 Å². The van der Waals surface area contributed by atoms with Crippen molar-refractivity contribution in [3.63, 3.8) is 0 Å². The van der Waals surface area contributed by atoms with Crippen LogP contribution in [-0.4, -0.2) is 60.3 Å². The molecule has 2 amide bonds. The van der Waals surface area contributed by atoms with Gasteiger partial charge in [-0.05, 0) is 22.7 Å². The van der Waals surface area contributed by atoms with Crippen LogP contribution in [0.2, 0.25) is 0 Å². The maximum Gasteiger partial charge on any atom is 0.352 e. The predicted octanol–water partition coefficient (Wildman–Crippen LogP) is 1.21. The average Bonchev–Trinajstić information content (AvgIpc) is 3.30. The second-order valence-corrected chi connectivity index (χ2v) is 9.63. The van der Waals surface area contributed by atoms with Gasteiger partial charge in [0.05, 0.1) is 5.69 Å². The molecule has 4 N–H and O–H groups in total. The van der Waals surface area contributed by atoms with Gasteiger partial charge >= 0.3 is 5.97 Å². The van der Waals surface area contributed by atoms with Crippen molar-refractivity contribution >= 4 is 52.8 Å². The summed E-state index contributed by atoms with van der Waals surface area (Å²) in [6.45, 7) is 0. The van der Waals surface area contributed by atoms with Crippen LogP contribution in [0.25, 0.3) is 0 Å². The third-order valence-corrected chi connectivity index (χ3v) is 7.87. The summed E-state index contributed by atoms with van der Waals surface area (Å²) in [6.07, 6.45) is 0.